The summed E-state index contributed by atoms with van der Waals surface area (Å²) in [4.78, 5) is 21.5. The molecule has 2 heterocycles. The van der Waals surface area contributed by atoms with Gasteiger partial charge in [0.2, 0.25) is 0 Å². The van der Waals surface area contributed by atoms with Crippen LogP contribution in [-0.2, 0) is 6.42 Å². The van der Waals surface area contributed by atoms with Gasteiger partial charge in [0.15, 0.2) is 0 Å². The van der Waals surface area contributed by atoms with Crippen LogP contribution in [-0.4, -0.2) is 14.5 Å². The van der Waals surface area contributed by atoms with Crippen LogP contribution < -0.4 is 5.56 Å². The third-order valence-electron chi connectivity index (χ3n) is 4.07. The van der Waals surface area contributed by atoms with Crippen LogP contribution in [0.1, 0.15) is 18.7 Å². The second-order valence-electron chi connectivity index (χ2n) is 5.78. The molecule has 0 saturated heterocycles. The van der Waals surface area contributed by atoms with Crippen LogP contribution in [0, 0.1) is 11.7 Å². The number of hydrogen-bond donors (Lipinski definition) is 0. The average molecular weight is 330 g/mol. The van der Waals surface area contributed by atoms with Gasteiger partial charge in [-0.25, -0.2) is 9.37 Å². The monoisotopic (exact) mass is 329 g/mol. The van der Waals surface area contributed by atoms with E-state index in [1.807, 2.05) is 0 Å². The number of pyridine rings is 1. The number of nitrogens with zero attached hydrogens (tertiary/aromatic N) is 3. The molecule has 3 aromatic rings. The van der Waals surface area contributed by atoms with E-state index in [1.54, 1.807) is 24.5 Å². The number of rotatable bonds is 3. The first kappa shape index (κ1) is 14.3. The summed E-state index contributed by atoms with van der Waals surface area (Å²) in [5.74, 6) is 0.528. The predicted molar refractivity (Wildman–Crippen MR) is 86.5 cm³/mol. The number of benzene rings is 1. The summed E-state index contributed by atoms with van der Waals surface area (Å²) in [5, 5.41) is 0.310. The molecule has 0 amide bonds. The molecule has 0 bridgehead atoms. The van der Waals surface area contributed by atoms with Gasteiger partial charge in [0.05, 0.1) is 22.3 Å². The first-order valence-electron chi connectivity index (χ1n) is 7.45. The van der Waals surface area contributed by atoms with Crippen molar-refractivity contribution in [1.82, 2.24) is 14.5 Å². The molecular weight excluding hydrogens is 317 g/mol. The Morgan fingerprint density at radius 2 is 2.13 bits per heavy atom. The Hall–Kier alpha value is -2.27. The average Bonchev–Trinajstić information content (AvgIpc) is 3.36. The van der Waals surface area contributed by atoms with Crippen molar-refractivity contribution in [3.05, 3.63) is 63.7 Å². The molecule has 1 fully saturated rings. The van der Waals surface area contributed by atoms with Crippen LogP contribution in [0.3, 0.4) is 0 Å². The molecule has 23 heavy (non-hydrogen) atoms. The van der Waals surface area contributed by atoms with Crippen molar-refractivity contribution in [3.8, 4) is 5.69 Å². The standard InChI is InChI=1S/C17H13ClFN3O/c18-12-5-6-13(19)16-15(12)17(23)22(11-2-1-7-20-9-11)14(21-16)8-10-3-4-10/h1-2,5-7,9-10H,3-4,8H2. The molecule has 0 spiro atoms. The lowest BCUT2D eigenvalue weighted by Gasteiger charge is -2.14. The van der Waals surface area contributed by atoms with Gasteiger partial charge < -0.3 is 0 Å². The smallest absolute Gasteiger partial charge is 0.267 e. The molecule has 0 atom stereocenters. The van der Waals surface area contributed by atoms with E-state index in [-0.39, 0.29) is 21.5 Å². The fourth-order valence-corrected chi connectivity index (χ4v) is 2.96. The minimum absolute atomic E-state index is 0.0401. The quantitative estimate of drug-likeness (QED) is 0.738. The largest absolute Gasteiger partial charge is 0.268 e. The van der Waals surface area contributed by atoms with Gasteiger partial charge in [0.25, 0.3) is 5.56 Å². The SMILES string of the molecule is O=c1c2c(Cl)ccc(F)c2nc(CC2CC2)n1-c1cccnc1. The summed E-state index contributed by atoms with van der Waals surface area (Å²) in [6.45, 7) is 0. The van der Waals surface area contributed by atoms with E-state index in [9.17, 15) is 9.18 Å². The maximum absolute atomic E-state index is 14.1. The van der Waals surface area contributed by atoms with Gasteiger partial charge in [-0.15, -0.1) is 0 Å². The lowest BCUT2D eigenvalue weighted by Crippen LogP contribution is -2.25. The second kappa shape index (κ2) is 5.42. The highest BCUT2D eigenvalue weighted by Crippen LogP contribution is 2.33. The van der Waals surface area contributed by atoms with E-state index in [4.69, 9.17) is 11.6 Å². The Balaban J connectivity index is 2.07. The van der Waals surface area contributed by atoms with Gasteiger partial charge >= 0.3 is 0 Å². The van der Waals surface area contributed by atoms with E-state index in [0.29, 0.717) is 23.9 Å². The Morgan fingerprint density at radius 1 is 1.30 bits per heavy atom. The predicted octanol–water partition coefficient (Wildman–Crippen LogP) is 3.53. The van der Waals surface area contributed by atoms with Crippen LogP contribution in [0.25, 0.3) is 16.6 Å². The van der Waals surface area contributed by atoms with Gasteiger partial charge in [0, 0.05) is 12.6 Å². The Kier molecular flexibility index (Phi) is 3.38. The van der Waals surface area contributed by atoms with Crippen LogP contribution in [0.4, 0.5) is 4.39 Å². The van der Waals surface area contributed by atoms with Crippen LogP contribution in [0.5, 0.6) is 0 Å². The first-order valence-corrected chi connectivity index (χ1v) is 7.83. The Bertz CT molecular complexity index is 951. The zero-order valence-electron chi connectivity index (χ0n) is 12.2. The number of aromatic nitrogens is 3. The van der Waals surface area contributed by atoms with Crippen molar-refractivity contribution in [1.29, 1.82) is 0 Å². The summed E-state index contributed by atoms with van der Waals surface area (Å²) in [5.41, 5.74) is 0.296. The fourth-order valence-electron chi connectivity index (χ4n) is 2.73. The summed E-state index contributed by atoms with van der Waals surface area (Å²) >= 11 is 6.13. The molecule has 4 nitrogen and oxygen atoms in total. The molecule has 6 heteroatoms. The Labute approximate surface area is 136 Å². The summed E-state index contributed by atoms with van der Waals surface area (Å²) < 4.78 is 15.6. The van der Waals surface area contributed by atoms with Crippen LogP contribution >= 0.6 is 11.6 Å². The lowest BCUT2D eigenvalue weighted by atomic mass is 10.2. The molecule has 0 aliphatic heterocycles. The topological polar surface area (TPSA) is 47.8 Å². The minimum atomic E-state index is -0.531. The molecule has 2 aromatic heterocycles. The highest BCUT2D eigenvalue weighted by molar-refractivity contribution is 6.35. The summed E-state index contributed by atoms with van der Waals surface area (Å²) in [7, 11) is 0. The van der Waals surface area contributed by atoms with Crippen molar-refractivity contribution >= 4 is 22.5 Å². The second-order valence-corrected chi connectivity index (χ2v) is 6.19. The van der Waals surface area contributed by atoms with E-state index in [0.717, 1.165) is 12.8 Å². The third-order valence-corrected chi connectivity index (χ3v) is 4.38. The fraction of sp³-hybridized carbons (Fsp3) is 0.235. The molecular formula is C17H13ClFN3O. The highest BCUT2D eigenvalue weighted by atomic mass is 35.5. The van der Waals surface area contributed by atoms with Crippen LogP contribution in [0.15, 0.2) is 41.5 Å². The molecule has 1 aliphatic carbocycles. The van der Waals surface area contributed by atoms with Gasteiger partial charge in [-0.2, -0.15) is 0 Å². The zero-order chi connectivity index (χ0) is 16.0. The van der Waals surface area contributed by atoms with E-state index in [2.05, 4.69) is 9.97 Å². The van der Waals surface area contributed by atoms with Crippen molar-refractivity contribution in [2.45, 2.75) is 19.3 Å². The molecule has 116 valence electrons. The van der Waals surface area contributed by atoms with Crippen molar-refractivity contribution in [3.63, 3.8) is 0 Å². The van der Waals surface area contributed by atoms with Crippen molar-refractivity contribution in [2.75, 3.05) is 0 Å². The lowest BCUT2D eigenvalue weighted by molar-refractivity contribution is 0.632. The number of halogens is 2. The highest BCUT2D eigenvalue weighted by Gasteiger charge is 2.26. The molecule has 0 N–H and O–H groups in total. The summed E-state index contributed by atoms with van der Waals surface area (Å²) in [6.07, 6.45) is 6.10. The molecule has 0 unspecified atom stereocenters. The van der Waals surface area contributed by atoms with Gasteiger partial charge in [-0.3, -0.25) is 14.3 Å². The summed E-state index contributed by atoms with van der Waals surface area (Å²) in [6, 6.07) is 6.16. The van der Waals surface area contributed by atoms with Gasteiger partial charge in [0.1, 0.15) is 17.2 Å². The Morgan fingerprint density at radius 3 is 2.83 bits per heavy atom. The third kappa shape index (κ3) is 2.51. The number of hydrogen-bond acceptors (Lipinski definition) is 3. The van der Waals surface area contributed by atoms with E-state index < -0.39 is 5.82 Å². The number of fused-ring (bicyclic) bond motifs is 1. The molecule has 1 aliphatic rings. The van der Waals surface area contributed by atoms with Crippen LogP contribution in [0.2, 0.25) is 5.02 Å². The van der Waals surface area contributed by atoms with Crippen molar-refractivity contribution < 1.29 is 4.39 Å². The zero-order valence-corrected chi connectivity index (χ0v) is 12.9. The van der Waals surface area contributed by atoms with Gasteiger partial charge in [-0.05, 0) is 43.0 Å². The van der Waals surface area contributed by atoms with E-state index >= 15 is 0 Å². The van der Waals surface area contributed by atoms with E-state index in [1.165, 1.54) is 16.7 Å². The first-order chi connectivity index (χ1) is 11.1. The maximum Gasteiger partial charge on any atom is 0.267 e. The van der Waals surface area contributed by atoms with Gasteiger partial charge in [-0.1, -0.05) is 11.6 Å². The maximum atomic E-state index is 14.1. The molecule has 4 rings (SSSR count). The molecule has 1 aromatic carbocycles. The molecule has 1 saturated carbocycles. The normalized spacial score (nSPS) is 14.3. The van der Waals surface area contributed by atoms with Crippen molar-refractivity contribution in [2.24, 2.45) is 5.92 Å². The minimum Gasteiger partial charge on any atom is -0.268 e. The molecule has 0 radical (unpaired) electrons.